The first-order chi connectivity index (χ1) is 13.2. The molecule has 7 nitrogen and oxygen atoms in total. The van der Waals surface area contributed by atoms with E-state index in [9.17, 15) is 0 Å². The third-order valence-electron chi connectivity index (χ3n) is 6.02. The Hall–Kier alpha value is -1.91. The molecule has 0 amide bonds. The summed E-state index contributed by atoms with van der Waals surface area (Å²) in [6.07, 6.45) is 5.44. The van der Waals surface area contributed by atoms with Gasteiger partial charge in [0.1, 0.15) is 12.4 Å². The van der Waals surface area contributed by atoms with Crippen molar-refractivity contribution >= 4 is 5.82 Å². The number of nitrogens with zero attached hydrogens (tertiary/aromatic N) is 5. The van der Waals surface area contributed by atoms with E-state index < -0.39 is 0 Å². The fraction of sp³-hybridized carbons (Fsp3) is 0.750. The molecule has 0 spiro atoms. The lowest BCUT2D eigenvalue weighted by Crippen LogP contribution is -2.38. The molecule has 0 N–H and O–H groups in total. The molecule has 0 bridgehead atoms. The second kappa shape index (κ2) is 8.41. The standard InChI is InChI=1S/C20H29N5O2/c1-21-11-15-5-3-9-25(12-15)19-17-14-26-10-7-18(17)22-20(23-19)27-13-16-6-4-8-24(16)2/h15-16H,3-14H2,2H3/t15-,16-/m0/s1. The summed E-state index contributed by atoms with van der Waals surface area (Å²) < 4.78 is 11.7. The van der Waals surface area contributed by atoms with Crippen LogP contribution < -0.4 is 9.64 Å². The quantitative estimate of drug-likeness (QED) is 0.740. The molecule has 2 atom stereocenters. The molecule has 4 heterocycles. The molecule has 3 aliphatic rings. The van der Waals surface area contributed by atoms with E-state index in [0.717, 1.165) is 56.0 Å². The largest absolute Gasteiger partial charge is 0.462 e. The van der Waals surface area contributed by atoms with Crippen molar-refractivity contribution in [3.05, 3.63) is 22.7 Å². The highest BCUT2D eigenvalue weighted by atomic mass is 16.5. The highest BCUT2D eigenvalue weighted by molar-refractivity contribution is 5.51. The minimum atomic E-state index is 0.419. The van der Waals surface area contributed by atoms with Gasteiger partial charge in [0, 0.05) is 37.0 Å². The smallest absolute Gasteiger partial charge is 0.318 e. The molecule has 0 radical (unpaired) electrons. The number of ether oxygens (including phenoxy) is 2. The van der Waals surface area contributed by atoms with Crippen LogP contribution in [0.1, 0.15) is 36.9 Å². The number of piperidine rings is 1. The van der Waals surface area contributed by atoms with Crippen LogP contribution >= 0.6 is 0 Å². The summed E-state index contributed by atoms with van der Waals surface area (Å²) >= 11 is 0. The van der Waals surface area contributed by atoms with Gasteiger partial charge in [-0.25, -0.2) is 6.57 Å². The van der Waals surface area contributed by atoms with Crippen LogP contribution in [0.2, 0.25) is 0 Å². The van der Waals surface area contributed by atoms with Crippen molar-refractivity contribution in [3.8, 4) is 6.01 Å². The average Bonchev–Trinajstić information content (AvgIpc) is 3.11. The monoisotopic (exact) mass is 371 g/mol. The molecule has 1 aromatic heterocycles. The van der Waals surface area contributed by atoms with E-state index in [2.05, 4.69) is 21.7 Å². The van der Waals surface area contributed by atoms with Crippen LogP contribution in [0.15, 0.2) is 0 Å². The summed E-state index contributed by atoms with van der Waals surface area (Å²) in [6.45, 7) is 12.7. The third kappa shape index (κ3) is 4.17. The van der Waals surface area contributed by atoms with Crippen molar-refractivity contribution < 1.29 is 9.47 Å². The second-order valence-corrected chi connectivity index (χ2v) is 7.94. The molecule has 0 unspecified atom stereocenters. The van der Waals surface area contributed by atoms with Crippen molar-refractivity contribution in [2.24, 2.45) is 5.92 Å². The molecule has 146 valence electrons. The van der Waals surface area contributed by atoms with Gasteiger partial charge in [-0.15, -0.1) is 0 Å². The van der Waals surface area contributed by atoms with Crippen LogP contribution in [0.5, 0.6) is 6.01 Å². The molecule has 27 heavy (non-hydrogen) atoms. The summed E-state index contributed by atoms with van der Waals surface area (Å²) in [6, 6.07) is 0.952. The number of anilines is 1. The van der Waals surface area contributed by atoms with Crippen LogP contribution in [0.25, 0.3) is 4.85 Å². The summed E-state index contributed by atoms with van der Waals surface area (Å²) in [5.74, 6) is 1.38. The maximum atomic E-state index is 7.18. The Balaban J connectivity index is 1.55. The predicted octanol–water partition coefficient (Wildman–Crippen LogP) is 2.16. The van der Waals surface area contributed by atoms with Gasteiger partial charge in [0.15, 0.2) is 0 Å². The van der Waals surface area contributed by atoms with Crippen LogP contribution in [0, 0.1) is 12.5 Å². The fourth-order valence-corrected chi connectivity index (χ4v) is 4.42. The zero-order chi connectivity index (χ0) is 18.6. The third-order valence-corrected chi connectivity index (χ3v) is 6.02. The van der Waals surface area contributed by atoms with E-state index in [0.29, 0.717) is 44.3 Å². The number of likely N-dealkylation sites (tertiary alicyclic amines) is 1. The molecule has 4 rings (SSSR count). The molecule has 2 saturated heterocycles. The first-order valence-corrected chi connectivity index (χ1v) is 10.1. The van der Waals surface area contributed by atoms with Gasteiger partial charge in [0.05, 0.1) is 18.9 Å². The normalized spacial score (nSPS) is 25.9. The number of hydrogen-bond donors (Lipinski definition) is 0. The maximum absolute atomic E-state index is 7.18. The van der Waals surface area contributed by atoms with Crippen molar-refractivity contribution in [2.75, 3.05) is 51.3 Å². The lowest BCUT2D eigenvalue weighted by Gasteiger charge is -2.34. The number of rotatable bonds is 5. The van der Waals surface area contributed by atoms with Crippen LogP contribution in [-0.4, -0.2) is 67.4 Å². The zero-order valence-electron chi connectivity index (χ0n) is 16.2. The summed E-state index contributed by atoms with van der Waals surface area (Å²) in [4.78, 5) is 17.8. The van der Waals surface area contributed by atoms with Gasteiger partial charge < -0.3 is 24.1 Å². The topological polar surface area (TPSA) is 55.1 Å². The zero-order valence-corrected chi connectivity index (χ0v) is 16.2. The summed E-state index contributed by atoms with van der Waals surface area (Å²) in [5.41, 5.74) is 2.17. The second-order valence-electron chi connectivity index (χ2n) is 7.94. The Morgan fingerprint density at radius 3 is 2.96 bits per heavy atom. The van der Waals surface area contributed by atoms with Crippen molar-refractivity contribution in [2.45, 2.75) is 44.8 Å². The summed E-state index contributed by atoms with van der Waals surface area (Å²) in [7, 11) is 2.16. The maximum Gasteiger partial charge on any atom is 0.318 e. The highest BCUT2D eigenvalue weighted by Crippen LogP contribution is 2.31. The minimum Gasteiger partial charge on any atom is -0.462 e. The van der Waals surface area contributed by atoms with E-state index in [1.165, 1.54) is 12.8 Å². The summed E-state index contributed by atoms with van der Waals surface area (Å²) in [5, 5.41) is 0. The molecule has 0 aliphatic carbocycles. The Morgan fingerprint density at radius 1 is 1.26 bits per heavy atom. The predicted molar refractivity (Wildman–Crippen MR) is 103 cm³/mol. The SMILES string of the molecule is [C-]#[N+]C[C@@H]1CCCN(c2nc(OC[C@@H]3CCCN3C)nc3c2COCC3)C1. The molecular weight excluding hydrogens is 342 g/mol. The number of fused-ring (bicyclic) bond motifs is 1. The molecule has 1 aromatic rings. The van der Waals surface area contributed by atoms with Gasteiger partial charge in [-0.1, -0.05) is 0 Å². The van der Waals surface area contributed by atoms with E-state index in [1.807, 2.05) is 0 Å². The first-order valence-electron chi connectivity index (χ1n) is 10.1. The lowest BCUT2D eigenvalue weighted by atomic mass is 9.97. The van der Waals surface area contributed by atoms with Crippen molar-refractivity contribution in [3.63, 3.8) is 0 Å². The average molecular weight is 371 g/mol. The van der Waals surface area contributed by atoms with E-state index in [-0.39, 0.29) is 0 Å². The molecular formula is C20H29N5O2. The number of hydrogen-bond acceptors (Lipinski definition) is 6. The van der Waals surface area contributed by atoms with E-state index in [4.69, 9.17) is 26.0 Å². The Bertz CT molecular complexity index is 704. The molecule has 0 saturated carbocycles. The molecule has 3 aliphatic heterocycles. The van der Waals surface area contributed by atoms with E-state index in [1.54, 1.807) is 0 Å². The highest BCUT2D eigenvalue weighted by Gasteiger charge is 2.28. The van der Waals surface area contributed by atoms with Crippen molar-refractivity contribution in [1.82, 2.24) is 14.9 Å². The van der Waals surface area contributed by atoms with Crippen molar-refractivity contribution in [1.29, 1.82) is 0 Å². The Kier molecular flexibility index (Phi) is 5.74. The van der Waals surface area contributed by atoms with Crippen LogP contribution in [0.3, 0.4) is 0 Å². The van der Waals surface area contributed by atoms with Gasteiger partial charge in [0.2, 0.25) is 6.54 Å². The number of aromatic nitrogens is 2. The fourth-order valence-electron chi connectivity index (χ4n) is 4.42. The van der Waals surface area contributed by atoms with Crippen LogP contribution in [-0.2, 0) is 17.8 Å². The van der Waals surface area contributed by atoms with E-state index >= 15 is 0 Å². The van der Waals surface area contributed by atoms with Gasteiger partial charge in [-0.3, -0.25) is 0 Å². The van der Waals surface area contributed by atoms with Gasteiger partial charge in [-0.05, 0) is 39.3 Å². The molecule has 0 aromatic carbocycles. The molecule has 2 fully saturated rings. The van der Waals surface area contributed by atoms with Crippen LogP contribution in [0.4, 0.5) is 5.82 Å². The van der Waals surface area contributed by atoms with Gasteiger partial charge in [-0.2, -0.15) is 9.97 Å². The van der Waals surface area contributed by atoms with Gasteiger partial charge in [0.25, 0.3) is 0 Å². The molecule has 7 heteroatoms. The van der Waals surface area contributed by atoms with Gasteiger partial charge >= 0.3 is 6.01 Å². The Labute approximate surface area is 161 Å². The number of likely N-dealkylation sites (N-methyl/N-ethyl adjacent to an activating group) is 1. The lowest BCUT2D eigenvalue weighted by molar-refractivity contribution is 0.108. The first kappa shape index (κ1) is 18.5. The minimum absolute atomic E-state index is 0.419. The Morgan fingerprint density at radius 2 is 2.15 bits per heavy atom.